The summed E-state index contributed by atoms with van der Waals surface area (Å²) in [4.78, 5) is 36.0. The molecule has 0 aromatic carbocycles. The van der Waals surface area contributed by atoms with Crippen molar-refractivity contribution >= 4 is 18.1 Å². The van der Waals surface area contributed by atoms with Gasteiger partial charge in [0.15, 0.2) is 11.5 Å². The van der Waals surface area contributed by atoms with Gasteiger partial charge in [-0.15, -0.1) is 0 Å². The molecule has 2 aromatic rings. The number of aliphatic hydroxyl groups is 1. The summed E-state index contributed by atoms with van der Waals surface area (Å²) < 4.78 is 20.4. The molecule has 10 heteroatoms. The quantitative estimate of drug-likeness (QED) is 0.429. The third-order valence-corrected chi connectivity index (χ3v) is 4.58. The first-order chi connectivity index (χ1) is 14.9. The van der Waals surface area contributed by atoms with Crippen molar-refractivity contribution in [3.8, 4) is 6.01 Å². The number of alkyl halides is 1. The Kier molecular flexibility index (Phi) is 8.68. The molecule has 0 fully saturated rings. The van der Waals surface area contributed by atoms with E-state index in [1.165, 1.54) is 22.6 Å². The standard InChI is InChI=1S/C21H28FN5O4/c1-5-17(11-22)31-21-24-19(26(4)14-29)18(20(30)25(3)9-6-10-28)27(21)13-16-8-7-15(2)12-23-16/h5,7-8,12,14,28H,6,9-11,13H2,1-4H3/b17-5+. The minimum absolute atomic E-state index is 0.0241. The van der Waals surface area contributed by atoms with Crippen molar-refractivity contribution in [2.75, 3.05) is 38.8 Å². The smallest absolute Gasteiger partial charge is 0.304 e. The van der Waals surface area contributed by atoms with Crippen LogP contribution in [0.1, 0.15) is 35.1 Å². The molecule has 2 rings (SSSR count). The van der Waals surface area contributed by atoms with Crippen LogP contribution in [0.5, 0.6) is 6.01 Å². The Morgan fingerprint density at radius 2 is 2.10 bits per heavy atom. The van der Waals surface area contributed by atoms with Gasteiger partial charge < -0.3 is 19.6 Å². The average Bonchev–Trinajstić information content (AvgIpc) is 3.13. The third kappa shape index (κ3) is 5.88. The summed E-state index contributed by atoms with van der Waals surface area (Å²) in [6.45, 7) is 3.02. The summed E-state index contributed by atoms with van der Waals surface area (Å²) in [6, 6.07) is 3.65. The van der Waals surface area contributed by atoms with Crippen LogP contribution in [0.2, 0.25) is 0 Å². The molecular formula is C21H28FN5O4. The van der Waals surface area contributed by atoms with E-state index >= 15 is 0 Å². The molecule has 2 heterocycles. The number of ether oxygens (including phenoxy) is 1. The van der Waals surface area contributed by atoms with Gasteiger partial charge in [0.1, 0.15) is 12.4 Å². The van der Waals surface area contributed by atoms with Crippen LogP contribution in [0.25, 0.3) is 0 Å². The van der Waals surface area contributed by atoms with Crippen molar-refractivity contribution in [3.63, 3.8) is 0 Å². The maximum atomic E-state index is 13.3. The predicted molar refractivity (Wildman–Crippen MR) is 114 cm³/mol. The van der Waals surface area contributed by atoms with Crippen molar-refractivity contribution in [2.24, 2.45) is 0 Å². The van der Waals surface area contributed by atoms with Crippen LogP contribution < -0.4 is 9.64 Å². The lowest BCUT2D eigenvalue weighted by molar-refractivity contribution is -0.107. The van der Waals surface area contributed by atoms with E-state index < -0.39 is 12.6 Å². The van der Waals surface area contributed by atoms with Gasteiger partial charge in [-0.25, -0.2) is 4.39 Å². The first-order valence-corrected chi connectivity index (χ1v) is 9.81. The van der Waals surface area contributed by atoms with E-state index in [0.717, 1.165) is 10.5 Å². The largest absolute Gasteiger partial charge is 0.427 e. The van der Waals surface area contributed by atoms with Crippen molar-refractivity contribution in [3.05, 3.63) is 47.1 Å². The number of aliphatic hydroxyl groups excluding tert-OH is 1. The maximum absolute atomic E-state index is 13.3. The Morgan fingerprint density at radius 1 is 1.35 bits per heavy atom. The second-order valence-electron chi connectivity index (χ2n) is 6.99. The van der Waals surface area contributed by atoms with E-state index in [9.17, 15) is 14.0 Å². The van der Waals surface area contributed by atoms with Gasteiger partial charge in [-0.05, 0) is 38.0 Å². The van der Waals surface area contributed by atoms with Gasteiger partial charge in [-0.2, -0.15) is 4.98 Å². The number of allylic oxidation sites excluding steroid dienone is 2. The molecule has 0 radical (unpaired) electrons. The predicted octanol–water partition coefficient (Wildman–Crippen LogP) is 1.93. The Morgan fingerprint density at radius 3 is 2.65 bits per heavy atom. The van der Waals surface area contributed by atoms with E-state index in [2.05, 4.69) is 9.97 Å². The average molecular weight is 433 g/mol. The van der Waals surface area contributed by atoms with Crippen molar-refractivity contribution in [1.29, 1.82) is 0 Å². The molecule has 0 bridgehead atoms. The summed E-state index contributed by atoms with van der Waals surface area (Å²) >= 11 is 0. The van der Waals surface area contributed by atoms with E-state index in [4.69, 9.17) is 9.84 Å². The maximum Gasteiger partial charge on any atom is 0.304 e. The number of halogens is 1. The highest BCUT2D eigenvalue weighted by molar-refractivity contribution is 5.99. The molecular weight excluding hydrogens is 405 g/mol. The Balaban J connectivity index is 2.63. The molecule has 0 saturated heterocycles. The van der Waals surface area contributed by atoms with Gasteiger partial charge in [-0.1, -0.05) is 6.07 Å². The monoisotopic (exact) mass is 433 g/mol. The second-order valence-corrected chi connectivity index (χ2v) is 6.99. The zero-order valence-corrected chi connectivity index (χ0v) is 18.2. The molecule has 31 heavy (non-hydrogen) atoms. The van der Waals surface area contributed by atoms with Crippen LogP contribution in [0, 0.1) is 6.92 Å². The Bertz CT molecular complexity index is 927. The number of pyridine rings is 1. The fourth-order valence-corrected chi connectivity index (χ4v) is 2.78. The molecule has 9 nitrogen and oxygen atoms in total. The summed E-state index contributed by atoms with van der Waals surface area (Å²) in [5, 5.41) is 9.10. The minimum Gasteiger partial charge on any atom is -0.427 e. The van der Waals surface area contributed by atoms with Crippen LogP contribution in [-0.4, -0.2) is 70.8 Å². The lowest BCUT2D eigenvalue weighted by Gasteiger charge is -2.20. The molecule has 2 amide bonds. The lowest BCUT2D eigenvalue weighted by Crippen LogP contribution is -2.32. The summed E-state index contributed by atoms with van der Waals surface area (Å²) in [6.07, 6.45) is 4.07. The SMILES string of the molecule is C/C=C(\CF)Oc1nc(N(C)C=O)c(C(=O)N(C)CCCO)n1Cc1ccc(C)cn1. The van der Waals surface area contributed by atoms with Gasteiger partial charge in [0, 0.05) is 33.4 Å². The zero-order chi connectivity index (χ0) is 23.0. The molecule has 0 aliphatic heterocycles. The number of aryl methyl sites for hydroxylation is 1. The van der Waals surface area contributed by atoms with E-state index in [1.54, 1.807) is 26.2 Å². The number of anilines is 1. The summed E-state index contributed by atoms with van der Waals surface area (Å²) in [5.41, 5.74) is 1.70. The Labute approximate surface area is 180 Å². The highest BCUT2D eigenvalue weighted by atomic mass is 19.1. The van der Waals surface area contributed by atoms with Crippen molar-refractivity contribution in [2.45, 2.75) is 26.8 Å². The fourth-order valence-electron chi connectivity index (χ4n) is 2.78. The van der Waals surface area contributed by atoms with Gasteiger partial charge in [0.25, 0.3) is 5.91 Å². The normalized spacial score (nSPS) is 11.4. The number of nitrogens with zero attached hydrogens (tertiary/aromatic N) is 5. The van der Waals surface area contributed by atoms with Gasteiger partial charge >= 0.3 is 6.01 Å². The number of aromatic nitrogens is 3. The van der Waals surface area contributed by atoms with Gasteiger partial charge in [0.2, 0.25) is 6.41 Å². The molecule has 1 N–H and O–H groups in total. The number of carbonyl (C=O) groups is 2. The molecule has 2 aromatic heterocycles. The van der Waals surface area contributed by atoms with Crippen LogP contribution in [-0.2, 0) is 11.3 Å². The molecule has 0 spiro atoms. The first kappa shape index (κ1) is 24.0. The van der Waals surface area contributed by atoms with Crippen LogP contribution in [0.15, 0.2) is 30.2 Å². The number of rotatable bonds is 11. The number of amides is 2. The number of hydrogen-bond donors (Lipinski definition) is 1. The molecule has 0 saturated carbocycles. The van der Waals surface area contributed by atoms with E-state index in [1.807, 2.05) is 13.0 Å². The highest BCUT2D eigenvalue weighted by Crippen LogP contribution is 2.28. The first-order valence-electron chi connectivity index (χ1n) is 9.81. The van der Waals surface area contributed by atoms with E-state index in [0.29, 0.717) is 25.1 Å². The van der Waals surface area contributed by atoms with Crippen LogP contribution in [0.3, 0.4) is 0 Å². The summed E-state index contributed by atoms with van der Waals surface area (Å²) in [5.74, 6) is -0.322. The molecule has 0 aliphatic carbocycles. The topological polar surface area (TPSA) is 101 Å². The van der Waals surface area contributed by atoms with Crippen molar-refractivity contribution in [1.82, 2.24) is 19.4 Å². The fraction of sp³-hybridized carbons (Fsp3) is 0.429. The lowest BCUT2D eigenvalue weighted by atomic mass is 10.2. The third-order valence-electron chi connectivity index (χ3n) is 4.58. The molecule has 168 valence electrons. The Hall–Kier alpha value is -3.27. The molecule has 0 unspecified atom stereocenters. The number of hydrogen-bond acceptors (Lipinski definition) is 6. The number of carbonyl (C=O) groups excluding carboxylic acids is 2. The minimum atomic E-state index is -0.856. The highest BCUT2D eigenvalue weighted by Gasteiger charge is 2.29. The second kappa shape index (κ2) is 11.2. The van der Waals surface area contributed by atoms with Gasteiger partial charge in [0.05, 0.1) is 12.2 Å². The van der Waals surface area contributed by atoms with Crippen molar-refractivity contribution < 1.29 is 23.8 Å². The molecule has 0 atom stereocenters. The number of imidazole rings is 1. The zero-order valence-electron chi connectivity index (χ0n) is 18.2. The van der Waals surface area contributed by atoms with Crippen LogP contribution >= 0.6 is 0 Å². The van der Waals surface area contributed by atoms with Gasteiger partial charge in [-0.3, -0.25) is 19.1 Å². The molecule has 0 aliphatic rings. The summed E-state index contributed by atoms with van der Waals surface area (Å²) in [7, 11) is 3.05. The van der Waals surface area contributed by atoms with E-state index in [-0.39, 0.29) is 36.4 Å². The van der Waals surface area contributed by atoms with Crippen LogP contribution in [0.4, 0.5) is 10.2 Å².